The zero-order valence-electron chi connectivity index (χ0n) is 11.9. The Hall–Kier alpha value is -1.76. The summed E-state index contributed by atoms with van der Waals surface area (Å²) in [4.78, 5) is 24.7. The molecule has 114 valence electrons. The molecule has 1 fully saturated rings. The minimum Gasteiger partial charge on any atom is -0.478 e. The number of carbonyl (C=O) groups excluding carboxylic acids is 1. The van der Waals surface area contributed by atoms with Gasteiger partial charge in [-0.1, -0.05) is 0 Å². The maximum atomic E-state index is 13.3. The molecule has 0 unspecified atom stereocenters. The molecule has 5 nitrogen and oxygen atoms in total. The summed E-state index contributed by atoms with van der Waals surface area (Å²) >= 11 is 1.81. The van der Waals surface area contributed by atoms with Crippen LogP contribution in [-0.4, -0.2) is 45.6 Å². The maximum Gasteiger partial charge on any atom is 0.338 e. The highest BCUT2D eigenvalue weighted by Gasteiger charge is 2.29. The van der Waals surface area contributed by atoms with Crippen molar-refractivity contribution in [1.29, 1.82) is 0 Å². The van der Waals surface area contributed by atoms with Gasteiger partial charge in [-0.05, 0) is 32.0 Å². The number of benzene rings is 1. The van der Waals surface area contributed by atoms with Crippen LogP contribution in [0.4, 0.5) is 14.9 Å². The van der Waals surface area contributed by atoms with Gasteiger partial charge >= 0.3 is 12.0 Å². The average molecular weight is 312 g/mol. The fourth-order valence-electron chi connectivity index (χ4n) is 2.16. The van der Waals surface area contributed by atoms with Crippen LogP contribution in [0.25, 0.3) is 0 Å². The fourth-order valence-corrected chi connectivity index (χ4v) is 3.27. The molecule has 0 radical (unpaired) electrons. The number of hydrogen-bond donors (Lipinski definition) is 2. The van der Waals surface area contributed by atoms with E-state index in [2.05, 4.69) is 19.2 Å². The van der Waals surface area contributed by atoms with E-state index in [1.54, 1.807) is 4.90 Å². The normalized spacial score (nSPS) is 17.4. The van der Waals surface area contributed by atoms with Crippen LogP contribution in [0.1, 0.15) is 24.2 Å². The minimum atomic E-state index is -1.36. The van der Waals surface area contributed by atoms with Crippen molar-refractivity contribution in [3.05, 3.63) is 29.6 Å². The van der Waals surface area contributed by atoms with Gasteiger partial charge in [0.05, 0.1) is 5.56 Å². The van der Waals surface area contributed by atoms with Crippen molar-refractivity contribution in [2.75, 3.05) is 24.2 Å². The molecule has 2 N–H and O–H groups in total. The molecule has 1 heterocycles. The van der Waals surface area contributed by atoms with Crippen LogP contribution in [-0.2, 0) is 0 Å². The van der Waals surface area contributed by atoms with Gasteiger partial charge in [0.1, 0.15) is 5.82 Å². The number of carboxylic acids is 1. The lowest BCUT2D eigenvalue weighted by atomic mass is 10.2. The summed E-state index contributed by atoms with van der Waals surface area (Å²) in [5.74, 6) is -1.33. The van der Waals surface area contributed by atoms with Crippen molar-refractivity contribution < 1.29 is 19.1 Å². The predicted octanol–water partition coefficient (Wildman–Crippen LogP) is 2.88. The van der Waals surface area contributed by atoms with E-state index in [4.69, 9.17) is 5.11 Å². The molecule has 0 aliphatic carbocycles. The average Bonchev–Trinajstić information content (AvgIpc) is 2.39. The zero-order chi connectivity index (χ0) is 15.6. The third kappa shape index (κ3) is 3.87. The lowest BCUT2D eigenvalue weighted by Crippen LogP contribution is -2.47. The molecule has 1 aromatic carbocycles. The molecule has 2 rings (SSSR count). The molecule has 0 bridgehead atoms. The van der Waals surface area contributed by atoms with E-state index in [1.807, 2.05) is 11.8 Å². The third-order valence-corrected chi connectivity index (χ3v) is 4.46. The number of nitrogens with one attached hydrogen (secondary N) is 1. The van der Waals surface area contributed by atoms with Gasteiger partial charge in [-0.2, -0.15) is 11.8 Å². The summed E-state index contributed by atoms with van der Waals surface area (Å²) in [6.07, 6.45) is 0. The van der Waals surface area contributed by atoms with Gasteiger partial charge in [0.15, 0.2) is 0 Å². The Balaban J connectivity index is 2.09. The number of rotatable bonds is 2. The van der Waals surface area contributed by atoms with Crippen LogP contribution in [0, 0.1) is 5.82 Å². The molecule has 1 aromatic rings. The number of aromatic carboxylic acids is 1. The second kappa shape index (κ2) is 5.93. The van der Waals surface area contributed by atoms with Crippen LogP contribution >= 0.6 is 11.8 Å². The number of anilines is 1. The van der Waals surface area contributed by atoms with Gasteiger partial charge in [0.2, 0.25) is 0 Å². The second-order valence-electron chi connectivity index (χ2n) is 5.46. The Morgan fingerprint density at radius 2 is 2.14 bits per heavy atom. The number of halogens is 1. The Morgan fingerprint density at radius 1 is 1.43 bits per heavy atom. The maximum absolute atomic E-state index is 13.3. The fraction of sp³-hybridized carbons (Fsp3) is 0.429. The summed E-state index contributed by atoms with van der Waals surface area (Å²) in [5, 5.41) is 11.5. The van der Waals surface area contributed by atoms with Crippen molar-refractivity contribution in [2.45, 2.75) is 18.6 Å². The molecule has 7 heteroatoms. The monoisotopic (exact) mass is 312 g/mol. The van der Waals surface area contributed by atoms with E-state index in [9.17, 15) is 14.0 Å². The number of urea groups is 1. The number of thioether (sulfide) groups is 1. The largest absolute Gasteiger partial charge is 0.478 e. The number of hydrogen-bond acceptors (Lipinski definition) is 3. The molecule has 0 saturated carbocycles. The summed E-state index contributed by atoms with van der Waals surface area (Å²) in [5.41, 5.74) is -0.183. The second-order valence-corrected chi connectivity index (χ2v) is 7.26. The highest BCUT2D eigenvalue weighted by Crippen LogP contribution is 2.29. The molecule has 1 saturated heterocycles. The molecule has 2 amide bonds. The van der Waals surface area contributed by atoms with E-state index in [1.165, 1.54) is 6.07 Å². The van der Waals surface area contributed by atoms with E-state index in [0.717, 1.165) is 17.9 Å². The van der Waals surface area contributed by atoms with Crippen LogP contribution in [0.5, 0.6) is 0 Å². The number of carboxylic acid groups (broad SMARTS) is 1. The van der Waals surface area contributed by atoms with Gasteiger partial charge in [0, 0.05) is 29.3 Å². The SMILES string of the molecule is CC1(C)CN(C(=O)Nc2ccc(F)c(C(=O)O)c2)CCS1. The Morgan fingerprint density at radius 3 is 2.76 bits per heavy atom. The Bertz CT molecular complexity index is 577. The summed E-state index contributed by atoms with van der Waals surface area (Å²) in [7, 11) is 0. The quantitative estimate of drug-likeness (QED) is 0.881. The van der Waals surface area contributed by atoms with Gasteiger partial charge in [0.25, 0.3) is 0 Å². The lowest BCUT2D eigenvalue weighted by molar-refractivity contribution is 0.0692. The molecule has 0 spiro atoms. The molecular formula is C14H17FN2O3S. The number of amides is 2. The number of nitrogens with zero attached hydrogens (tertiary/aromatic N) is 1. The van der Waals surface area contributed by atoms with Crippen molar-refractivity contribution in [1.82, 2.24) is 4.90 Å². The van der Waals surface area contributed by atoms with E-state index in [0.29, 0.717) is 13.1 Å². The lowest BCUT2D eigenvalue weighted by Gasteiger charge is -2.37. The van der Waals surface area contributed by atoms with Crippen LogP contribution in [0.15, 0.2) is 18.2 Å². The molecule has 1 aliphatic heterocycles. The van der Waals surface area contributed by atoms with E-state index < -0.39 is 17.3 Å². The van der Waals surface area contributed by atoms with Crippen LogP contribution < -0.4 is 5.32 Å². The first-order valence-electron chi connectivity index (χ1n) is 6.51. The van der Waals surface area contributed by atoms with Gasteiger partial charge < -0.3 is 15.3 Å². The first kappa shape index (κ1) is 15.6. The van der Waals surface area contributed by atoms with E-state index in [-0.39, 0.29) is 16.5 Å². The standard InChI is InChI=1S/C14H17FN2O3S/c1-14(2)8-17(5-6-21-14)13(20)16-9-3-4-11(15)10(7-9)12(18)19/h3-4,7H,5-6,8H2,1-2H3,(H,16,20)(H,18,19). The first-order chi connectivity index (χ1) is 9.78. The topological polar surface area (TPSA) is 69.6 Å². The summed E-state index contributed by atoms with van der Waals surface area (Å²) < 4.78 is 13.3. The number of carbonyl (C=O) groups is 2. The van der Waals surface area contributed by atoms with Crippen LogP contribution in [0.3, 0.4) is 0 Å². The third-order valence-electron chi connectivity index (χ3n) is 3.16. The highest BCUT2D eigenvalue weighted by molar-refractivity contribution is 8.00. The van der Waals surface area contributed by atoms with E-state index >= 15 is 0 Å². The van der Waals surface area contributed by atoms with Crippen molar-refractivity contribution in [3.63, 3.8) is 0 Å². The zero-order valence-corrected chi connectivity index (χ0v) is 12.7. The summed E-state index contributed by atoms with van der Waals surface area (Å²) in [6.45, 7) is 5.37. The Kier molecular flexibility index (Phi) is 4.41. The smallest absolute Gasteiger partial charge is 0.338 e. The van der Waals surface area contributed by atoms with Crippen LogP contribution in [0.2, 0.25) is 0 Å². The van der Waals surface area contributed by atoms with Gasteiger partial charge in [-0.3, -0.25) is 0 Å². The molecular weight excluding hydrogens is 295 g/mol. The van der Waals surface area contributed by atoms with Crippen molar-refractivity contribution in [3.8, 4) is 0 Å². The molecule has 1 aliphatic rings. The first-order valence-corrected chi connectivity index (χ1v) is 7.50. The molecule has 0 aromatic heterocycles. The molecule has 0 atom stereocenters. The van der Waals surface area contributed by atoms with Gasteiger partial charge in [-0.25, -0.2) is 14.0 Å². The van der Waals surface area contributed by atoms with Crippen molar-refractivity contribution in [2.24, 2.45) is 0 Å². The van der Waals surface area contributed by atoms with Crippen molar-refractivity contribution >= 4 is 29.4 Å². The molecule has 21 heavy (non-hydrogen) atoms. The Labute approximate surface area is 126 Å². The summed E-state index contributed by atoms with van der Waals surface area (Å²) in [6, 6.07) is 3.21. The minimum absolute atomic E-state index is 0.00931. The predicted molar refractivity (Wildman–Crippen MR) is 80.5 cm³/mol. The van der Waals surface area contributed by atoms with Gasteiger partial charge in [-0.15, -0.1) is 0 Å². The highest BCUT2D eigenvalue weighted by atomic mass is 32.2.